The summed E-state index contributed by atoms with van der Waals surface area (Å²) in [5.41, 5.74) is 8.11. The first-order chi connectivity index (χ1) is 16.8. The Balaban J connectivity index is 2.05. The van der Waals surface area contributed by atoms with Crippen molar-refractivity contribution in [2.45, 2.75) is 31.0 Å². The molecule has 1 heterocycles. The van der Waals surface area contributed by atoms with E-state index in [1.54, 1.807) is 30.3 Å². The van der Waals surface area contributed by atoms with Gasteiger partial charge >= 0.3 is 18.0 Å². The maximum Gasteiger partial charge on any atom is 0.332 e. The number of carboxylic acids is 2. The quantitative estimate of drug-likeness (QED) is 0.134. The van der Waals surface area contributed by atoms with E-state index in [0.29, 0.717) is 21.6 Å². The van der Waals surface area contributed by atoms with Gasteiger partial charge in [0.05, 0.1) is 13.0 Å². The van der Waals surface area contributed by atoms with Crippen molar-refractivity contribution in [2.75, 3.05) is 6.54 Å². The number of imide groups is 1. The molecule has 2 atom stereocenters. The molecule has 12 nitrogen and oxygen atoms in total. The molecule has 1 unspecified atom stereocenters. The van der Waals surface area contributed by atoms with E-state index >= 15 is 0 Å². The van der Waals surface area contributed by atoms with Crippen LogP contribution in [0.4, 0.5) is 4.79 Å². The molecule has 2 aromatic carbocycles. The van der Waals surface area contributed by atoms with Crippen molar-refractivity contribution in [3.8, 4) is 0 Å². The number of urea groups is 1. The molecule has 188 valence electrons. The third-order valence-electron chi connectivity index (χ3n) is 6.22. The van der Waals surface area contributed by atoms with Crippen molar-refractivity contribution in [2.24, 2.45) is 11.5 Å². The van der Waals surface area contributed by atoms with E-state index in [4.69, 9.17) is 22.0 Å². The number of ketones is 1. The molecule has 12 heteroatoms. The minimum absolute atomic E-state index is 0.0249. The van der Waals surface area contributed by atoms with Crippen molar-refractivity contribution in [3.63, 3.8) is 0 Å². The number of nitrogens with one attached hydrogen (secondary N) is 1. The Bertz CT molecular complexity index is 1250. The average Bonchev–Trinajstić information content (AvgIpc) is 3.00. The average molecular weight is 495 g/mol. The molecule has 1 aliphatic heterocycles. The summed E-state index contributed by atoms with van der Waals surface area (Å²) in [6, 6.07) is 14.0. The number of nitrogens with zero attached hydrogens (tertiary/aromatic N) is 2. The Morgan fingerprint density at radius 2 is 1.61 bits per heavy atom. The molecule has 0 saturated carbocycles. The molecule has 36 heavy (non-hydrogen) atoms. The fourth-order valence-electron chi connectivity index (χ4n) is 4.00. The molecule has 1 aliphatic rings. The molecular weight excluding hydrogens is 470 g/mol. The largest absolute Gasteiger partial charge is 0.481 e. The van der Waals surface area contributed by atoms with Gasteiger partial charge in [0.2, 0.25) is 0 Å². The van der Waals surface area contributed by atoms with Gasteiger partial charge in [-0.05, 0) is 18.1 Å². The maximum atomic E-state index is 13.7. The van der Waals surface area contributed by atoms with E-state index in [0.717, 1.165) is 0 Å². The normalized spacial score (nSPS) is 19.2. The smallest absolute Gasteiger partial charge is 0.332 e. The first-order valence-corrected chi connectivity index (χ1v) is 10.7. The Morgan fingerprint density at radius 3 is 2.11 bits per heavy atom. The van der Waals surface area contributed by atoms with Crippen LogP contribution in [0.2, 0.25) is 0 Å². The lowest BCUT2D eigenvalue weighted by Gasteiger charge is -2.32. The van der Waals surface area contributed by atoms with E-state index in [-0.39, 0.29) is 12.4 Å². The van der Waals surface area contributed by atoms with Crippen LogP contribution in [0.3, 0.4) is 0 Å². The molecule has 3 amide bonds. The van der Waals surface area contributed by atoms with Gasteiger partial charge in [-0.25, -0.2) is 9.59 Å². The summed E-state index contributed by atoms with van der Waals surface area (Å²) in [4.78, 5) is 64.5. The fourth-order valence-corrected chi connectivity index (χ4v) is 4.00. The number of Topliss-reactive ketones (excluding diaryl/α,β-unsaturated/α-hetero) is 1. The fraction of sp³-hybridized carbons (Fsp3) is 0.250. The summed E-state index contributed by atoms with van der Waals surface area (Å²) < 4.78 is 0. The molecule has 0 bridgehead atoms. The van der Waals surface area contributed by atoms with E-state index < -0.39 is 53.7 Å². The molecule has 0 aliphatic carbocycles. The van der Waals surface area contributed by atoms with Crippen LogP contribution >= 0.6 is 0 Å². The van der Waals surface area contributed by atoms with Gasteiger partial charge in [-0.1, -0.05) is 54.6 Å². The van der Waals surface area contributed by atoms with Crippen molar-refractivity contribution in [1.29, 1.82) is 5.41 Å². The number of nitrogens with two attached hydrogens (primary N) is 2. The summed E-state index contributed by atoms with van der Waals surface area (Å²) >= 11 is 0. The highest BCUT2D eigenvalue weighted by Gasteiger charge is 2.57. The monoisotopic (exact) mass is 495 g/mol. The van der Waals surface area contributed by atoms with Crippen LogP contribution in [0.1, 0.15) is 30.0 Å². The van der Waals surface area contributed by atoms with Crippen LogP contribution in [0, 0.1) is 5.41 Å². The minimum atomic E-state index is -2.83. The lowest BCUT2D eigenvalue weighted by molar-refractivity contribution is -0.155. The van der Waals surface area contributed by atoms with Gasteiger partial charge in [0.1, 0.15) is 11.4 Å². The van der Waals surface area contributed by atoms with Gasteiger partial charge in [-0.3, -0.25) is 24.7 Å². The Kier molecular flexibility index (Phi) is 6.93. The second kappa shape index (κ2) is 9.58. The zero-order valence-electron chi connectivity index (χ0n) is 19.3. The molecule has 7 N–H and O–H groups in total. The van der Waals surface area contributed by atoms with Gasteiger partial charge in [0, 0.05) is 12.1 Å². The standard InChI is InChI=1S/C24H25N5O7/c1-23(16-9-7-15(8-10-16)19(25)26)20(33)28(13-17(30)24(27,21(34)35)11-18(31)32)22(36)29(23)12-14-5-3-2-4-6-14/h2-10H,11-13,27H2,1H3,(H3,25,26)(H,31,32)(H,34,35)/t23?,24-/m1/s1. The molecule has 3 rings (SSSR count). The third-order valence-corrected chi connectivity index (χ3v) is 6.22. The third kappa shape index (κ3) is 4.53. The first kappa shape index (κ1) is 26.0. The number of nitrogen functional groups attached to an aromatic ring is 1. The maximum absolute atomic E-state index is 13.7. The lowest BCUT2D eigenvalue weighted by Crippen LogP contribution is -2.59. The molecule has 0 radical (unpaired) electrons. The summed E-state index contributed by atoms with van der Waals surface area (Å²) in [6.45, 7) is 0.427. The summed E-state index contributed by atoms with van der Waals surface area (Å²) in [7, 11) is 0. The number of carbonyl (C=O) groups excluding carboxylic acids is 3. The topological polar surface area (TPSA) is 208 Å². The molecule has 2 aromatic rings. The zero-order chi connectivity index (χ0) is 26.8. The van der Waals surface area contributed by atoms with E-state index in [9.17, 15) is 29.1 Å². The molecule has 1 fully saturated rings. The number of hydrogen-bond acceptors (Lipinski definition) is 7. The van der Waals surface area contributed by atoms with E-state index in [2.05, 4.69) is 0 Å². The summed E-state index contributed by atoms with van der Waals surface area (Å²) in [6.07, 6.45) is -1.23. The number of rotatable bonds is 10. The second-order valence-electron chi connectivity index (χ2n) is 8.58. The SMILES string of the molecule is CC1(c2ccc(C(=N)N)cc2)C(=O)N(CC(=O)[C@](N)(CC(=O)O)C(=O)O)C(=O)N1Cc1ccccc1. The number of carboxylic acid groups (broad SMARTS) is 2. The van der Waals surface area contributed by atoms with Crippen molar-refractivity contribution < 1.29 is 34.2 Å². The van der Waals surface area contributed by atoms with E-state index in [1.165, 1.54) is 36.1 Å². The van der Waals surface area contributed by atoms with Crippen LogP contribution in [0.5, 0.6) is 0 Å². The van der Waals surface area contributed by atoms with Crippen LogP contribution < -0.4 is 11.5 Å². The van der Waals surface area contributed by atoms with Crippen LogP contribution in [-0.2, 0) is 31.3 Å². The predicted molar refractivity (Wildman–Crippen MR) is 126 cm³/mol. The number of benzene rings is 2. The van der Waals surface area contributed by atoms with E-state index in [1.807, 2.05) is 0 Å². The van der Waals surface area contributed by atoms with Crippen molar-refractivity contribution >= 4 is 35.5 Å². The van der Waals surface area contributed by atoms with Gasteiger partial charge < -0.3 is 26.6 Å². The summed E-state index contributed by atoms with van der Waals surface area (Å²) in [5.74, 6) is -5.85. The summed E-state index contributed by atoms with van der Waals surface area (Å²) in [5, 5.41) is 26.0. The molecular formula is C24H25N5O7. The van der Waals surface area contributed by atoms with Gasteiger partial charge in [0.15, 0.2) is 11.3 Å². The van der Waals surface area contributed by atoms with Crippen LogP contribution in [0.25, 0.3) is 0 Å². The second-order valence-corrected chi connectivity index (χ2v) is 8.58. The molecule has 1 saturated heterocycles. The van der Waals surface area contributed by atoms with Crippen molar-refractivity contribution in [1.82, 2.24) is 9.80 Å². The van der Waals surface area contributed by atoms with Crippen LogP contribution in [0.15, 0.2) is 54.6 Å². The molecule has 0 spiro atoms. The highest BCUT2D eigenvalue weighted by Crippen LogP contribution is 2.38. The Hall–Kier alpha value is -4.58. The Morgan fingerprint density at radius 1 is 1.03 bits per heavy atom. The zero-order valence-corrected chi connectivity index (χ0v) is 19.3. The van der Waals surface area contributed by atoms with Gasteiger partial charge in [-0.2, -0.15) is 0 Å². The number of carbonyl (C=O) groups is 5. The molecule has 0 aromatic heterocycles. The minimum Gasteiger partial charge on any atom is -0.481 e. The lowest BCUT2D eigenvalue weighted by atomic mass is 9.88. The Labute approximate surface area is 205 Å². The first-order valence-electron chi connectivity index (χ1n) is 10.7. The highest BCUT2D eigenvalue weighted by atomic mass is 16.4. The van der Waals surface area contributed by atoms with Crippen molar-refractivity contribution in [3.05, 3.63) is 71.3 Å². The number of hydrogen-bond donors (Lipinski definition) is 5. The predicted octanol–water partition coefficient (Wildman–Crippen LogP) is 0.476. The number of aliphatic carboxylic acids is 2. The van der Waals surface area contributed by atoms with Gasteiger partial charge in [-0.15, -0.1) is 0 Å². The highest BCUT2D eigenvalue weighted by molar-refractivity contribution is 6.15. The number of amides is 3. The number of amidine groups is 1. The van der Waals surface area contributed by atoms with Gasteiger partial charge in [0.25, 0.3) is 5.91 Å². The van der Waals surface area contributed by atoms with Crippen LogP contribution in [-0.4, -0.2) is 67.6 Å².